The number of hydrogen-bond acceptors (Lipinski definition) is 3. The Balaban J connectivity index is 1.71. The van der Waals surface area contributed by atoms with E-state index >= 15 is 0 Å². The molecule has 2 aliphatic heterocycles. The topological polar surface area (TPSA) is 49.4 Å². The Morgan fingerprint density at radius 2 is 1.73 bits per heavy atom. The van der Waals surface area contributed by atoms with Crippen LogP contribution in [0, 0.1) is 10.1 Å². The fourth-order valence-corrected chi connectivity index (χ4v) is 4.97. The van der Waals surface area contributed by atoms with E-state index in [0.717, 1.165) is 16.9 Å². The molecule has 5 nitrogen and oxygen atoms in total. The van der Waals surface area contributed by atoms with Gasteiger partial charge in [-0.05, 0) is 31.6 Å². The van der Waals surface area contributed by atoms with E-state index in [0.29, 0.717) is 0 Å². The number of rotatable bonds is 3. The van der Waals surface area contributed by atoms with Crippen LogP contribution in [0.25, 0.3) is 0 Å². The van der Waals surface area contributed by atoms with Crippen LogP contribution in [0.5, 0.6) is 0 Å². The molecule has 0 saturated carbocycles. The molecule has 4 rings (SSSR count). The highest BCUT2D eigenvalue weighted by Gasteiger charge is 2.43. The van der Waals surface area contributed by atoms with Crippen LogP contribution in [-0.2, 0) is 10.8 Å². The lowest BCUT2D eigenvalue weighted by atomic mass is 9.81. The largest absolute Gasteiger partial charge is 0.347 e. The lowest BCUT2D eigenvalue weighted by molar-refractivity contribution is -0.401. The van der Waals surface area contributed by atoms with E-state index in [1.807, 2.05) is 13.1 Å². The Kier molecular flexibility index (Phi) is 4.46. The molecule has 0 saturated heterocycles. The molecule has 0 unspecified atom stereocenters. The summed E-state index contributed by atoms with van der Waals surface area (Å²) < 4.78 is 2.26. The maximum Gasteiger partial charge on any atom is 0.269 e. The molecule has 2 aliphatic rings. The van der Waals surface area contributed by atoms with Crippen LogP contribution in [0.2, 0.25) is 0 Å². The second-order valence-corrected chi connectivity index (χ2v) is 9.14. The third-order valence-corrected chi connectivity index (χ3v) is 6.68. The van der Waals surface area contributed by atoms with Crippen molar-refractivity contribution in [2.24, 2.45) is 0 Å². The number of anilines is 1. The zero-order valence-electron chi connectivity index (χ0n) is 18.4. The van der Waals surface area contributed by atoms with E-state index in [4.69, 9.17) is 0 Å². The Morgan fingerprint density at radius 3 is 2.40 bits per heavy atom. The Bertz CT molecular complexity index is 1150. The van der Waals surface area contributed by atoms with Gasteiger partial charge < -0.3 is 4.90 Å². The van der Waals surface area contributed by atoms with Gasteiger partial charge in [-0.3, -0.25) is 10.1 Å². The van der Waals surface area contributed by atoms with E-state index in [2.05, 4.69) is 86.7 Å². The zero-order chi connectivity index (χ0) is 21.8. The Hall–Kier alpha value is -3.21. The third-order valence-electron chi connectivity index (χ3n) is 6.68. The van der Waals surface area contributed by atoms with Gasteiger partial charge in [-0.1, -0.05) is 38.1 Å². The van der Waals surface area contributed by atoms with Gasteiger partial charge in [-0.25, -0.2) is 0 Å². The molecule has 30 heavy (non-hydrogen) atoms. The molecule has 0 aromatic heterocycles. The summed E-state index contributed by atoms with van der Waals surface area (Å²) in [5.41, 5.74) is 6.69. The maximum absolute atomic E-state index is 11.2. The molecule has 0 radical (unpaired) electrons. The van der Waals surface area contributed by atoms with E-state index in [1.54, 1.807) is 12.1 Å². The Morgan fingerprint density at radius 1 is 1.03 bits per heavy atom. The summed E-state index contributed by atoms with van der Waals surface area (Å²) >= 11 is 0. The minimum absolute atomic E-state index is 0.0684. The first-order valence-corrected chi connectivity index (χ1v) is 10.2. The number of nitro groups is 1. The first-order chi connectivity index (χ1) is 14.1. The second kappa shape index (κ2) is 6.66. The fraction of sp³-hybridized carbons (Fsp3) is 0.320. The van der Waals surface area contributed by atoms with Crippen molar-refractivity contribution in [2.45, 2.75) is 38.5 Å². The smallest absolute Gasteiger partial charge is 0.269 e. The number of allylic oxidation sites excluding steroid dienone is 4. The summed E-state index contributed by atoms with van der Waals surface area (Å²) in [6.45, 7) is 8.74. The van der Waals surface area contributed by atoms with Crippen molar-refractivity contribution < 1.29 is 9.50 Å². The molecule has 2 aromatic carbocycles. The van der Waals surface area contributed by atoms with Crippen molar-refractivity contribution in [3.05, 3.63) is 87.6 Å². The van der Waals surface area contributed by atoms with Crippen LogP contribution in [0.4, 0.5) is 17.1 Å². The molecule has 2 heterocycles. The molecule has 0 fully saturated rings. The highest BCUT2D eigenvalue weighted by Crippen LogP contribution is 2.48. The normalized spacial score (nSPS) is 20.2. The first-order valence-electron chi connectivity index (χ1n) is 10.2. The van der Waals surface area contributed by atoms with Crippen LogP contribution >= 0.6 is 0 Å². The number of para-hydroxylation sites is 1. The molecular weight excluding hydrogens is 374 g/mol. The van der Waals surface area contributed by atoms with Crippen molar-refractivity contribution >= 4 is 22.8 Å². The number of nitrogens with zero attached hydrogens (tertiary/aromatic N) is 3. The highest BCUT2D eigenvalue weighted by atomic mass is 16.6. The molecule has 0 N–H and O–H groups in total. The van der Waals surface area contributed by atoms with Crippen molar-refractivity contribution in [2.75, 3.05) is 19.0 Å². The maximum atomic E-state index is 11.2. The highest BCUT2D eigenvalue weighted by molar-refractivity contribution is 6.03. The van der Waals surface area contributed by atoms with Crippen molar-refractivity contribution in [3.63, 3.8) is 0 Å². The summed E-state index contributed by atoms with van der Waals surface area (Å²) in [4.78, 5) is 13.0. The molecule has 0 aliphatic carbocycles. The van der Waals surface area contributed by atoms with E-state index in [9.17, 15) is 10.1 Å². The SMILES string of the molecule is CN1/C(=C\C=C\C2=[N+](C)c3ccccc3C2(C)C)C(C)(C)c2cc([N+](=O)[O-])ccc21. The fourth-order valence-electron chi connectivity index (χ4n) is 4.97. The summed E-state index contributed by atoms with van der Waals surface area (Å²) in [6, 6.07) is 13.7. The lowest BCUT2D eigenvalue weighted by Gasteiger charge is -2.23. The summed E-state index contributed by atoms with van der Waals surface area (Å²) in [7, 11) is 4.13. The van der Waals surface area contributed by atoms with Gasteiger partial charge in [0.1, 0.15) is 7.05 Å². The summed E-state index contributed by atoms with van der Waals surface area (Å²) in [5.74, 6) is 0. The number of benzene rings is 2. The quantitative estimate of drug-likeness (QED) is 0.389. The zero-order valence-corrected chi connectivity index (χ0v) is 18.4. The van der Waals surface area contributed by atoms with Gasteiger partial charge in [-0.15, -0.1) is 0 Å². The van der Waals surface area contributed by atoms with E-state index < -0.39 is 0 Å². The van der Waals surface area contributed by atoms with Gasteiger partial charge >= 0.3 is 0 Å². The number of fused-ring (bicyclic) bond motifs is 2. The number of likely N-dealkylation sites (N-methyl/N-ethyl adjacent to an activating group) is 1. The molecular formula is C25H28N3O2+. The van der Waals surface area contributed by atoms with Gasteiger partial charge in [0.15, 0.2) is 5.71 Å². The van der Waals surface area contributed by atoms with Crippen molar-refractivity contribution in [3.8, 4) is 0 Å². The predicted molar refractivity (Wildman–Crippen MR) is 122 cm³/mol. The van der Waals surface area contributed by atoms with E-state index in [-0.39, 0.29) is 21.4 Å². The second-order valence-electron chi connectivity index (χ2n) is 9.14. The van der Waals surface area contributed by atoms with Crippen LogP contribution in [0.3, 0.4) is 0 Å². The van der Waals surface area contributed by atoms with Crippen LogP contribution in [0.1, 0.15) is 38.8 Å². The van der Waals surface area contributed by atoms with Gasteiger partial charge in [0.05, 0.1) is 10.3 Å². The van der Waals surface area contributed by atoms with Gasteiger partial charge in [0.25, 0.3) is 5.69 Å². The average molecular weight is 403 g/mol. The molecule has 0 spiro atoms. The molecule has 0 atom stereocenters. The van der Waals surface area contributed by atoms with Gasteiger partial charge in [0, 0.05) is 53.7 Å². The molecule has 5 heteroatoms. The average Bonchev–Trinajstić information content (AvgIpc) is 3.02. The standard InChI is InChI=1S/C25H28N3O2/c1-24(2)18-10-7-8-11-20(18)26(5)22(24)12-9-13-23-25(3,4)19-16-17(28(29)30)14-15-21(19)27(23)6/h7-16H,1-6H3/q+1. The molecule has 154 valence electrons. The predicted octanol–water partition coefficient (Wildman–Crippen LogP) is 5.47. The van der Waals surface area contributed by atoms with Crippen LogP contribution in [0.15, 0.2) is 66.4 Å². The molecule has 0 bridgehead atoms. The van der Waals surface area contributed by atoms with Crippen molar-refractivity contribution in [1.82, 2.24) is 0 Å². The minimum Gasteiger partial charge on any atom is -0.347 e. The molecule has 2 aromatic rings. The van der Waals surface area contributed by atoms with Gasteiger partial charge in [0.2, 0.25) is 5.69 Å². The molecule has 0 amide bonds. The lowest BCUT2D eigenvalue weighted by Crippen LogP contribution is -2.26. The van der Waals surface area contributed by atoms with Crippen LogP contribution < -0.4 is 4.90 Å². The Labute approximate surface area is 177 Å². The number of hydrogen-bond donors (Lipinski definition) is 0. The number of nitro benzene ring substituents is 1. The first kappa shape index (κ1) is 20.1. The summed E-state index contributed by atoms with van der Waals surface area (Å²) in [5, 5.41) is 11.2. The minimum atomic E-state index is -0.329. The monoisotopic (exact) mass is 402 g/mol. The van der Waals surface area contributed by atoms with Crippen molar-refractivity contribution in [1.29, 1.82) is 0 Å². The van der Waals surface area contributed by atoms with Crippen LogP contribution in [-0.4, -0.2) is 29.3 Å². The van der Waals surface area contributed by atoms with Gasteiger partial charge in [-0.2, -0.15) is 4.58 Å². The van der Waals surface area contributed by atoms with E-state index in [1.165, 1.54) is 17.0 Å². The third kappa shape index (κ3) is 2.80. The number of non-ortho nitro benzene ring substituents is 1. The summed E-state index contributed by atoms with van der Waals surface area (Å²) in [6.07, 6.45) is 6.42.